The lowest BCUT2D eigenvalue weighted by atomic mass is 9.78. The van der Waals surface area contributed by atoms with Crippen LogP contribution in [0.3, 0.4) is 0 Å². The van der Waals surface area contributed by atoms with Gasteiger partial charge < -0.3 is 4.98 Å². The first kappa shape index (κ1) is 39.2. The first-order valence-corrected chi connectivity index (χ1v) is 20.3. The van der Waals surface area contributed by atoms with E-state index < -0.39 is 0 Å². The summed E-state index contributed by atoms with van der Waals surface area (Å²) in [5, 5.41) is 2.50. The number of benzene rings is 4. The van der Waals surface area contributed by atoms with E-state index in [1.807, 2.05) is 12.3 Å². The Morgan fingerprint density at radius 3 is 1.61 bits per heavy atom. The second kappa shape index (κ2) is 13.6. The fraction of sp³-hybridized carbons (Fsp3) is 0.358. The van der Waals surface area contributed by atoms with Crippen LogP contribution in [0.2, 0.25) is 0 Å². The Hall–Kier alpha value is -5.02. The van der Waals surface area contributed by atoms with Crippen molar-refractivity contribution in [3.63, 3.8) is 0 Å². The molecule has 0 saturated carbocycles. The molecule has 7 rings (SSSR count). The van der Waals surface area contributed by atoms with Gasteiger partial charge >= 0.3 is 0 Å². The maximum atomic E-state index is 5.60. The Bertz CT molecular complexity index is 2540. The van der Waals surface area contributed by atoms with Gasteiger partial charge in [0.05, 0.1) is 22.6 Å². The van der Waals surface area contributed by atoms with Gasteiger partial charge in [-0.05, 0) is 115 Å². The van der Waals surface area contributed by atoms with Crippen LogP contribution < -0.4 is 0 Å². The van der Waals surface area contributed by atoms with E-state index in [0.717, 1.165) is 44.8 Å². The maximum Gasteiger partial charge on any atom is 0.0736 e. The number of hydrogen-bond acceptors (Lipinski definition) is 2. The number of nitrogens with one attached hydrogen (secondary N) is 1. The molecule has 0 aliphatic heterocycles. The lowest BCUT2D eigenvalue weighted by Crippen LogP contribution is -2.20. The Labute approximate surface area is 336 Å². The van der Waals surface area contributed by atoms with E-state index in [1.165, 1.54) is 44.2 Å². The van der Waals surface area contributed by atoms with Crippen molar-refractivity contribution in [2.45, 2.75) is 124 Å². The molecule has 288 valence electrons. The van der Waals surface area contributed by atoms with Gasteiger partial charge in [0, 0.05) is 39.0 Å². The summed E-state index contributed by atoms with van der Waals surface area (Å²) in [4.78, 5) is 14.2. The van der Waals surface area contributed by atoms with Crippen molar-refractivity contribution in [3.8, 4) is 33.6 Å². The zero-order chi connectivity index (χ0) is 40.6. The maximum absolute atomic E-state index is 5.60. The van der Waals surface area contributed by atoms with Gasteiger partial charge in [-0.3, -0.25) is 4.98 Å². The molecule has 7 aromatic rings. The molecule has 0 spiro atoms. The molecule has 0 aliphatic rings. The number of aromatic amines is 1. The summed E-state index contributed by atoms with van der Waals surface area (Å²) in [6.07, 6.45) is 1.89. The van der Waals surface area contributed by atoms with Crippen LogP contribution in [0.15, 0.2) is 109 Å². The minimum atomic E-state index is -0.288. The number of hydrogen-bond donors (Lipinski definition) is 1. The van der Waals surface area contributed by atoms with Crippen molar-refractivity contribution in [1.82, 2.24) is 15.0 Å². The van der Waals surface area contributed by atoms with Crippen molar-refractivity contribution < 1.29 is 0 Å². The van der Waals surface area contributed by atoms with Gasteiger partial charge in [0.2, 0.25) is 0 Å². The molecule has 56 heavy (non-hydrogen) atoms. The minimum Gasteiger partial charge on any atom is -0.354 e. The van der Waals surface area contributed by atoms with Crippen LogP contribution in [-0.2, 0) is 27.1 Å². The van der Waals surface area contributed by atoms with Crippen LogP contribution in [0.5, 0.6) is 0 Å². The van der Waals surface area contributed by atoms with Crippen molar-refractivity contribution >= 4 is 21.8 Å². The summed E-state index contributed by atoms with van der Waals surface area (Å²) >= 11 is 0. The topological polar surface area (TPSA) is 41.6 Å². The molecule has 0 fully saturated rings. The van der Waals surface area contributed by atoms with Gasteiger partial charge in [0.15, 0.2) is 0 Å². The molecule has 4 aromatic carbocycles. The summed E-state index contributed by atoms with van der Waals surface area (Å²) in [7, 11) is 0. The Kier molecular flexibility index (Phi) is 9.51. The Morgan fingerprint density at radius 1 is 0.429 bits per heavy atom. The monoisotopic (exact) mass is 739 g/mol. The van der Waals surface area contributed by atoms with Gasteiger partial charge in [-0.2, -0.15) is 0 Å². The molecule has 0 radical (unpaired) electrons. The first-order valence-electron chi connectivity index (χ1n) is 20.3. The van der Waals surface area contributed by atoms with E-state index in [0.29, 0.717) is 0 Å². The van der Waals surface area contributed by atoms with E-state index in [4.69, 9.17) is 9.97 Å². The van der Waals surface area contributed by atoms with E-state index in [1.54, 1.807) is 0 Å². The second-order valence-corrected chi connectivity index (χ2v) is 20.7. The molecule has 3 nitrogen and oxygen atoms in total. The number of rotatable bonds is 5. The zero-order valence-electron chi connectivity index (χ0n) is 36.3. The first-order chi connectivity index (χ1) is 26.0. The summed E-state index contributed by atoms with van der Waals surface area (Å²) in [6, 6.07) is 38.6. The molecule has 3 heterocycles. The molecular formula is C53H61N3. The summed E-state index contributed by atoms with van der Waals surface area (Å²) in [5.74, 6) is 0. The fourth-order valence-electron chi connectivity index (χ4n) is 7.69. The molecule has 0 amide bonds. The van der Waals surface area contributed by atoms with Crippen LogP contribution in [0.25, 0.3) is 55.4 Å². The van der Waals surface area contributed by atoms with Crippen LogP contribution in [-0.4, -0.2) is 15.0 Å². The minimum absolute atomic E-state index is 0.0104. The quantitative estimate of drug-likeness (QED) is 0.191. The highest BCUT2D eigenvalue weighted by Gasteiger charge is 2.27. The second-order valence-electron chi connectivity index (χ2n) is 20.7. The number of H-pyrrole nitrogens is 1. The predicted octanol–water partition coefficient (Wildman–Crippen LogP) is 14.6. The van der Waals surface area contributed by atoms with Crippen LogP contribution >= 0.6 is 0 Å². The van der Waals surface area contributed by atoms with Crippen molar-refractivity contribution in [1.29, 1.82) is 0 Å². The molecule has 0 bridgehead atoms. The van der Waals surface area contributed by atoms with Gasteiger partial charge in [0.25, 0.3) is 0 Å². The number of fused-ring (bicyclic) bond motifs is 3. The molecule has 1 N–H and O–H groups in total. The van der Waals surface area contributed by atoms with Crippen LogP contribution in [0.1, 0.15) is 130 Å². The Morgan fingerprint density at radius 2 is 1.00 bits per heavy atom. The van der Waals surface area contributed by atoms with Crippen molar-refractivity contribution in [2.24, 2.45) is 0 Å². The third kappa shape index (κ3) is 7.58. The van der Waals surface area contributed by atoms with E-state index >= 15 is 0 Å². The largest absolute Gasteiger partial charge is 0.354 e. The third-order valence-electron chi connectivity index (χ3n) is 11.7. The standard InChI is InChI=1S/C53H61N3/c1-49(2,3)36-21-22-44-41(30-36)42-31-40(52(10,11)12)32-43(48(42)56-44)46-28-35(34-25-38(50(4,5)6)29-39(26-34)51(7,8)9)27-45(55-46)33-18-17-19-37(24-33)53(13,14)47-20-15-16-23-54-47/h15-32,56H,1-14H3. The smallest absolute Gasteiger partial charge is 0.0736 e. The van der Waals surface area contributed by atoms with Gasteiger partial charge in [-0.25, -0.2) is 4.98 Å². The van der Waals surface area contributed by atoms with Crippen LogP contribution in [0, 0.1) is 0 Å². The lowest BCUT2D eigenvalue weighted by molar-refractivity contribution is 0.569. The van der Waals surface area contributed by atoms with Gasteiger partial charge in [-0.1, -0.05) is 145 Å². The normalized spacial score (nSPS) is 13.2. The molecule has 0 unspecified atom stereocenters. The zero-order valence-corrected chi connectivity index (χ0v) is 36.3. The molecule has 3 heteroatoms. The number of pyridine rings is 2. The summed E-state index contributed by atoms with van der Waals surface area (Å²) in [6.45, 7) is 32.2. The third-order valence-corrected chi connectivity index (χ3v) is 11.7. The average Bonchev–Trinajstić information content (AvgIpc) is 3.51. The fourth-order valence-corrected chi connectivity index (χ4v) is 7.69. The van der Waals surface area contributed by atoms with E-state index in [2.05, 4.69) is 199 Å². The summed E-state index contributed by atoms with van der Waals surface area (Å²) in [5.41, 5.74) is 16.0. The molecule has 0 saturated heterocycles. The SMILES string of the molecule is CC(C)(C)c1cc(-c2cc(-c3cccc(C(C)(C)c4ccccn4)c3)nc(-c3cc(C(C)(C)C)cc4c3[nH]c3ccc(C(C)(C)C)cc34)c2)cc(C(C)(C)C)c1. The van der Waals surface area contributed by atoms with Gasteiger partial charge in [-0.15, -0.1) is 0 Å². The number of nitrogens with zero attached hydrogens (tertiary/aromatic N) is 2. The van der Waals surface area contributed by atoms with Gasteiger partial charge in [0.1, 0.15) is 0 Å². The number of aromatic nitrogens is 3. The molecule has 3 aromatic heterocycles. The highest BCUT2D eigenvalue weighted by atomic mass is 14.8. The molecule has 0 atom stereocenters. The summed E-state index contributed by atoms with van der Waals surface area (Å²) < 4.78 is 0. The molecular weight excluding hydrogens is 679 g/mol. The Balaban J connectivity index is 1.54. The lowest BCUT2D eigenvalue weighted by Gasteiger charge is -2.27. The predicted molar refractivity (Wildman–Crippen MR) is 241 cm³/mol. The van der Waals surface area contributed by atoms with E-state index in [9.17, 15) is 0 Å². The highest BCUT2D eigenvalue weighted by molar-refractivity contribution is 6.12. The van der Waals surface area contributed by atoms with Crippen LogP contribution in [0.4, 0.5) is 0 Å². The van der Waals surface area contributed by atoms with Crippen molar-refractivity contribution in [2.75, 3.05) is 0 Å². The highest BCUT2D eigenvalue weighted by Crippen LogP contribution is 2.42. The van der Waals surface area contributed by atoms with E-state index in [-0.39, 0.29) is 27.1 Å². The average molecular weight is 740 g/mol. The van der Waals surface area contributed by atoms with Crippen molar-refractivity contribution in [3.05, 3.63) is 143 Å². The molecule has 0 aliphatic carbocycles.